The molecule has 2 aliphatic heterocycles. The zero-order chi connectivity index (χ0) is 21.4. The van der Waals surface area contributed by atoms with Crippen molar-refractivity contribution in [2.75, 3.05) is 24.8 Å². The molecule has 2 aromatic carbocycles. The molecular formula is C24H26N4O3. The largest absolute Gasteiger partial charge is 0.454 e. The third-order valence-corrected chi connectivity index (χ3v) is 6.01. The van der Waals surface area contributed by atoms with E-state index in [4.69, 9.17) is 19.4 Å². The Kier molecular flexibility index (Phi) is 5.10. The maximum atomic E-state index is 12.9. The molecule has 0 radical (unpaired) electrons. The van der Waals surface area contributed by atoms with Crippen LogP contribution in [0.15, 0.2) is 36.4 Å². The first-order chi connectivity index (χ1) is 15.1. The van der Waals surface area contributed by atoms with Crippen molar-refractivity contribution in [3.8, 4) is 11.5 Å². The van der Waals surface area contributed by atoms with Crippen LogP contribution in [0.4, 0.5) is 5.95 Å². The van der Waals surface area contributed by atoms with Crippen LogP contribution in [0.25, 0.3) is 10.9 Å². The number of aromatic nitrogens is 2. The van der Waals surface area contributed by atoms with E-state index in [1.807, 2.05) is 25.1 Å². The molecule has 31 heavy (non-hydrogen) atoms. The van der Waals surface area contributed by atoms with Crippen LogP contribution in [-0.2, 0) is 11.3 Å². The van der Waals surface area contributed by atoms with E-state index in [-0.39, 0.29) is 18.6 Å². The number of fused-ring (bicyclic) bond motifs is 2. The molecule has 1 aromatic heterocycles. The summed E-state index contributed by atoms with van der Waals surface area (Å²) in [5.41, 5.74) is 4.09. The molecule has 160 valence electrons. The molecule has 7 heteroatoms. The molecule has 2 aliphatic rings. The van der Waals surface area contributed by atoms with Crippen LogP contribution in [0.2, 0.25) is 0 Å². The second-order valence-electron chi connectivity index (χ2n) is 8.32. The minimum Gasteiger partial charge on any atom is -0.454 e. The van der Waals surface area contributed by atoms with Gasteiger partial charge in [0.1, 0.15) is 0 Å². The van der Waals surface area contributed by atoms with Crippen molar-refractivity contribution in [1.29, 1.82) is 0 Å². The SMILES string of the molecule is Cc1ccc2c(C)nc(N3CCCC(C(=O)NCc4ccc5c(c4)OCO5)C3)nc2c1. The predicted molar refractivity (Wildman–Crippen MR) is 118 cm³/mol. The maximum Gasteiger partial charge on any atom is 0.231 e. The normalized spacial score (nSPS) is 17.7. The van der Waals surface area contributed by atoms with Gasteiger partial charge < -0.3 is 19.7 Å². The average molecular weight is 418 g/mol. The Bertz CT molecular complexity index is 1150. The number of benzene rings is 2. The van der Waals surface area contributed by atoms with Crippen molar-refractivity contribution in [3.05, 3.63) is 53.2 Å². The van der Waals surface area contributed by atoms with Crippen molar-refractivity contribution in [1.82, 2.24) is 15.3 Å². The molecule has 0 aliphatic carbocycles. The number of rotatable bonds is 4. The number of ether oxygens (including phenoxy) is 2. The maximum absolute atomic E-state index is 12.9. The van der Waals surface area contributed by atoms with Gasteiger partial charge in [-0.1, -0.05) is 18.2 Å². The minimum atomic E-state index is -0.0835. The highest BCUT2D eigenvalue weighted by atomic mass is 16.7. The van der Waals surface area contributed by atoms with Crippen LogP contribution in [-0.4, -0.2) is 35.8 Å². The third-order valence-electron chi connectivity index (χ3n) is 6.01. The quantitative estimate of drug-likeness (QED) is 0.699. The summed E-state index contributed by atoms with van der Waals surface area (Å²) >= 11 is 0. The van der Waals surface area contributed by atoms with Crippen molar-refractivity contribution >= 4 is 22.8 Å². The number of aryl methyl sites for hydroxylation is 2. The van der Waals surface area contributed by atoms with Gasteiger partial charge in [-0.15, -0.1) is 0 Å². The van der Waals surface area contributed by atoms with E-state index in [1.165, 1.54) is 5.56 Å². The van der Waals surface area contributed by atoms with Crippen molar-refractivity contribution in [3.63, 3.8) is 0 Å². The Morgan fingerprint density at radius 3 is 2.90 bits per heavy atom. The lowest BCUT2D eigenvalue weighted by Gasteiger charge is -2.32. The number of carbonyl (C=O) groups is 1. The molecule has 1 saturated heterocycles. The van der Waals surface area contributed by atoms with Crippen LogP contribution in [0, 0.1) is 19.8 Å². The molecule has 0 spiro atoms. The van der Waals surface area contributed by atoms with E-state index in [0.29, 0.717) is 19.0 Å². The van der Waals surface area contributed by atoms with Crippen molar-refractivity contribution in [2.24, 2.45) is 5.92 Å². The fourth-order valence-electron chi connectivity index (χ4n) is 4.28. The monoisotopic (exact) mass is 418 g/mol. The second-order valence-corrected chi connectivity index (χ2v) is 8.32. The molecule has 5 rings (SSSR count). The number of nitrogens with zero attached hydrogens (tertiary/aromatic N) is 3. The Balaban J connectivity index is 1.26. The number of piperidine rings is 1. The summed E-state index contributed by atoms with van der Waals surface area (Å²) in [5.74, 6) is 2.17. The van der Waals surface area contributed by atoms with Gasteiger partial charge in [0.05, 0.1) is 17.1 Å². The molecule has 1 fully saturated rings. The molecule has 3 heterocycles. The van der Waals surface area contributed by atoms with Crippen LogP contribution in [0.3, 0.4) is 0 Å². The Labute approximate surface area is 181 Å². The van der Waals surface area contributed by atoms with Gasteiger partial charge in [0, 0.05) is 25.0 Å². The molecule has 1 amide bonds. The van der Waals surface area contributed by atoms with Gasteiger partial charge in [-0.05, 0) is 56.0 Å². The van der Waals surface area contributed by atoms with E-state index in [2.05, 4.69) is 35.3 Å². The molecule has 0 saturated carbocycles. The van der Waals surface area contributed by atoms with E-state index in [1.54, 1.807) is 0 Å². The summed E-state index contributed by atoms with van der Waals surface area (Å²) in [6.45, 7) is 6.29. The Morgan fingerprint density at radius 2 is 2.00 bits per heavy atom. The number of carbonyl (C=O) groups excluding carboxylic acids is 1. The summed E-state index contributed by atoms with van der Waals surface area (Å²) in [4.78, 5) is 24.5. The summed E-state index contributed by atoms with van der Waals surface area (Å²) in [5, 5.41) is 4.15. The zero-order valence-electron chi connectivity index (χ0n) is 17.9. The number of amides is 1. The Hall–Kier alpha value is -3.35. The van der Waals surface area contributed by atoms with Gasteiger partial charge in [-0.2, -0.15) is 0 Å². The van der Waals surface area contributed by atoms with Gasteiger partial charge in [-0.25, -0.2) is 9.97 Å². The van der Waals surface area contributed by atoms with Crippen molar-refractivity contribution in [2.45, 2.75) is 33.2 Å². The number of hydrogen-bond donors (Lipinski definition) is 1. The van der Waals surface area contributed by atoms with Gasteiger partial charge in [-0.3, -0.25) is 4.79 Å². The molecule has 0 bridgehead atoms. The van der Waals surface area contributed by atoms with Gasteiger partial charge in [0.15, 0.2) is 11.5 Å². The lowest BCUT2D eigenvalue weighted by molar-refractivity contribution is -0.125. The van der Waals surface area contributed by atoms with Crippen molar-refractivity contribution < 1.29 is 14.3 Å². The standard InChI is InChI=1S/C24H26N4O3/c1-15-5-7-19-16(2)26-24(27-20(19)10-15)28-9-3-4-18(13-28)23(29)25-12-17-6-8-21-22(11-17)31-14-30-21/h5-8,10-11,18H,3-4,9,12-14H2,1-2H3,(H,25,29). The first kappa shape index (κ1) is 19.6. The van der Waals surface area contributed by atoms with E-state index < -0.39 is 0 Å². The average Bonchev–Trinajstić information content (AvgIpc) is 3.25. The summed E-state index contributed by atoms with van der Waals surface area (Å²) in [7, 11) is 0. The lowest BCUT2D eigenvalue weighted by Crippen LogP contribution is -2.43. The first-order valence-electron chi connectivity index (χ1n) is 10.7. The summed E-state index contributed by atoms with van der Waals surface area (Å²) in [6.07, 6.45) is 1.81. The first-order valence-corrected chi connectivity index (χ1v) is 10.7. The predicted octanol–water partition coefficient (Wildman–Crippen LogP) is 3.51. The van der Waals surface area contributed by atoms with Crippen LogP contribution >= 0.6 is 0 Å². The highest BCUT2D eigenvalue weighted by Crippen LogP contribution is 2.32. The fraction of sp³-hybridized carbons (Fsp3) is 0.375. The Morgan fingerprint density at radius 1 is 1.13 bits per heavy atom. The molecular weight excluding hydrogens is 392 g/mol. The molecule has 1 unspecified atom stereocenters. The van der Waals surface area contributed by atoms with Gasteiger partial charge >= 0.3 is 0 Å². The van der Waals surface area contributed by atoms with Crippen LogP contribution < -0.4 is 19.7 Å². The highest BCUT2D eigenvalue weighted by Gasteiger charge is 2.27. The van der Waals surface area contributed by atoms with Crippen LogP contribution in [0.5, 0.6) is 11.5 Å². The molecule has 1 atom stereocenters. The minimum absolute atomic E-state index is 0.0655. The highest BCUT2D eigenvalue weighted by molar-refractivity contribution is 5.83. The van der Waals surface area contributed by atoms with E-state index >= 15 is 0 Å². The lowest BCUT2D eigenvalue weighted by atomic mass is 9.97. The van der Waals surface area contributed by atoms with Crippen LogP contribution in [0.1, 0.15) is 29.7 Å². The van der Waals surface area contributed by atoms with Gasteiger partial charge in [0.25, 0.3) is 0 Å². The second kappa shape index (κ2) is 8.06. The zero-order valence-corrected chi connectivity index (χ0v) is 17.9. The third kappa shape index (κ3) is 4.00. The number of nitrogens with one attached hydrogen (secondary N) is 1. The smallest absolute Gasteiger partial charge is 0.231 e. The van der Waals surface area contributed by atoms with E-state index in [9.17, 15) is 4.79 Å². The summed E-state index contributed by atoms with van der Waals surface area (Å²) in [6, 6.07) is 12.0. The topological polar surface area (TPSA) is 76.6 Å². The molecule has 1 N–H and O–H groups in total. The number of anilines is 1. The summed E-state index contributed by atoms with van der Waals surface area (Å²) < 4.78 is 10.8. The fourth-order valence-corrected chi connectivity index (χ4v) is 4.28. The number of hydrogen-bond acceptors (Lipinski definition) is 6. The van der Waals surface area contributed by atoms with E-state index in [0.717, 1.165) is 53.0 Å². The molecule has 7 nitrogen and oxygen atoms in total. The molecule has 3 aromatic rings. The van der Waals surface area contributed by atoms with Gasteiger partial charge in [0.2, 0.25) is 18.6 Å².